The zero-order valence-electron chi connectivity index (χ0n) is 30.1. The fourth-order valence-corrected chi connectivity index (χ4v) is 9.42. The summed E-state index contributed by atoms with van der Waals surface area (Å²) in [5.74, 6) is 1.70. The van der Waals surface area contributed by atoms with Crippen molar-refractivity contribution < 1.29 is 24.2 Å². The second-order valence-electron chi connectivity index (χ2n) is 16.3. The minimum Gasteiger partial charge on any atom is -0.496 e. The average molecular weight is 697 g/mol. The number of methoxy groups -OCH3 is 1. The highest BCUT2D eigenvalue weighted by Gasteiger charge is 2.51. The van der Waals surface area contributed by atoms with Crippen molar-refractivity contribution in [2.75, 3.05) is 38.3 Å². The van der Waals surface area contributed by atoms with Gasteiger partial charge in [0.1, 0.15) is 24.0 Å². The first-order valence-corrected chi connectivity index (χ1v) is 19.2. The van der Waals surface area contributed by atoms with Gasteiger partial charge < -0.3 is 19.5 Å². The first kappa shape index (κ1) is 34.1. The van der Waals surface area contributed by atoms with Crippen LogP contribution in [-0.4, -0.2) is 81.2 Å². The molecule has 5 saturated carbocycles. The fourth-order valence-electron chi connectivity index (χ4n) is 9.42. The van der Waals surface area contributed by atoms with Crippen LogP contribution in [0.15, 0.2) is 43.0 Å². The summed E-state index contributed by atoms with van der Waals surface area (Å²) in [6.45, 7) is 3.96. The Balaban J connectivity index is 0.996. The number of hydrogen-bond donors (Lipinski definition) is 1. The van der Waals surface area contributed by atoms with E-state index in [0.29, 0.717) is 57.2 Å². The maximum Gasteiger partial charge on any atom is 0.410 e. The highest BCUT2D eigenvalue weighted by Crippen LogP contribution is 2.58. The monoisotopic (exact) mass is 696 g/mol. The first-order valence-electron chi connectivity index (χ1n) is 19.2. The molecular formula is C40H52N6O5. The molecule has 3 heterocycles. The van der Waals surface area contributed by atoms with Crippen LogP contribution in [0.1, 0.15) is 101 Å². The number of aliphatic hydroxyl groups excluding tert-OH is 1. The van der Waals surface area contributed by atoms with E-state index in [4.69, 9.17) is 14.5 Å². The molecule has 1 saturated heterocycles. The lowest BCUT2D eigenvalue weighted by Gasteiger charge is -2.55. The van der Waals surface area contributed by atoms with E-state index in [9.17, 15) is 14.7 Å². The van der Waals surface area contributed by atoms with E-state index < -0.39 is 0 Å². The van der Waals surface area contributed by atoms with Gasteiger partial charge in [-0.05, 0) is 118 Å². The van der Waals surface area contributed by atoms with Crippen molar-refractivity contribution in [1.82, 2.24) is 24.6 Å². The molecule has 272 valence electrons. The minimum atomic E-state index is -0.306. The summed E-state index contributed by atoms with van der Waals surface area (Å²) in [6.07, 6.45) is 17.8. The normalized spacial score (nSPS) is 27.8. The molecule has 1 aromatic carbocycles. The van der Waals surface area contributed by atoms with Gasteiger partial charge in [0, 0.05) is 55.9 Å². The molecule has 3 aromatic rings. The van der Waals surface area contributed by atoms with Crippen molar-refractivity contribution in [3.05, 3.63) is 54.1 Å². The van der Waals surface area contributed by atoms with Gasteiger partial charge in [-0.1, -0.05) is 12.1 Å². The van der Waals surface area contributed by atoms with Crippen molar-refractivity contribution in [2.45, 2.75) is 108 Å². The Labute approximate surface area is 300 Å². The number of fused-ring (bicyclic) bond motifs is 3. The zero-order valence-corrected chi connectivity index (χ0v) is 30.1. The molecule has 0 radical (unpaired) electrons. The van der Waals surface area contributed by atoms with E-state index in [0.717, 1.165) is 68.4 Å². The number of nitrogens with zero attached hydrogens (tertiary/aromatic N) is 6. The minimum absolute atomic E-state index is 0.0372. The summed E-state index contributed by atoms with van der Waals surface area (Å²) in [7, 11) is 1.73. The van der Waals surface area contributed by atoms with Gasteiger partial charge in [0.15, 0.2) is 0 Å². The topological polar surface area (TPSA) is 123 Å². The average Bonchev–Trinajstić information content (AvgIpc) is 3.60. The molecule has 6 aliphatic rings. The van der Waals surface area contributed by atoms with Crippen molar-refractivity contribution in [3.63, 3.8) is 0 Å². The number of benzene rings is 1. The molecule has 0 atom stereocenters. The predicted octanol–water partition coefficient (Wildman–Crippen LogP) is 6.63. The number of aliphatic hydroxyl groups is 1. The van der Waals surface area contributed by atoms with Gasteiger partial charge in [0.25, 0.3) is 0 Å². The van der Waals surface area contributed by atoms with E-state index in [-0.39, 0.29) is 47.4 Å². The lowest BCUT2D eigenvalue weighted by molar-refractivity contribution is -0.124. The number of ether oxygens (including phenoxy) is 2. The van der Waals surface area contributed by atoms with E-state index >= 15 is 0 Å². The van der Waals surface area contributed by atoms with Crippen LogP contribution in [0, 0.1) is 24.2 Å². The van der Waals surface area contributed by atoms with Gasteiger partial charge in [-0.2, -0.15) is 5.10 Å². The Morgan fingerprint density at radius 1 is 0.980 bits per heavy atom. The largest absolute Gasteiger partial charge is 0.496 e. The number of carbonyl (C=O) groups is 2. The molecule has 2 amide bonds. The Hall–Kier alpha value is -3.99. The molecule has 11 heteroatoms. The summed E-state index contributed by atoms with van der Waals surface area (Å²) in [5, 5.41) is 14.0. The molecule has 2 aromatic heterocycles. The van der Waals surface area contributed by atoms with Crippen molar-refractivity contribution in [3.8, 4) is 17.0 Å². The van der Waals surface area contributed by atoms with Crippen LogP contribution in [0.3, 0.4) is 0 Å². The van der Waals surface area contributed by atoms with Crippen LogP contribution in [0.25, 0.3) is 11.3 Å². The lowest BCUT2D eigenvalue weighted by atomic mass is 9.51. The molecule has 2 bridgehead atoms. The van der Waals surface area contributed by atoms with Crippen molar-refractivity contribution in [1.29, 1.82) is 0 Å². The summed E-state index contributed by atoms with van der Waals surface area (Å²) in [5.41, 5.74) is 4.55. The number of anilines is 1. The Kier molecular flexibility index (Phi) is 9.27. The van der Waals surface area contributed by atoms with Gasteiger partial charge in [0.2, 0.25) is 5.91 Å². The number of carbonyl (C=O) groups excluding carboxylic acids is 2. The smallest absolute Gasteiger partial charge is 0.410 e. The maximum atomic E-state index is 14.7. The lowest BCUT2D eigenvalue weighted by Crippen LogP contribution is -2.52. The number of aryl methyl sites for hydroxylation is 1. The summed E-state index contributed by atoms with van der Waals surface area (Å²) >= 11 is 0. The van der Waals surface area contributed by atoms with Crippen LogP contribution in [0.2, 0.25) is 0 Å². The molecule has 5 aliphatic carbocycles. The van der Waals surface area contributed by atoms with Gasteiger partial charge in [0.05, 0.1) is 25.0 Å². The third-order valence-electron chi connectivity index (χ3n) is 13.2. The van der Waals surface area contributed by atoms with E-state index in [1.807, 2.05) is 17.2 Å². The second kappa shape index (κ2) is 13.9. The van der Waals surface area contributed by atoms with Crippen molar-refractivity contribution in [2.24, 2.45) is 17.3 Å². The maximum absolute atomic E-state index is 14.7. The van der Waals surface area contributed by atoms with Crippen molar-refractivity contribution >= 4 is 17.8 Å². The van der Waals surface area contributed by atoms with Gasteiger partial charge >= 0.3 is 6.09 Å². The zero-order chi connectivity index (χ0) is 35.2. The van der Waals surface area contributed by atoms with Crippen LogP contribution in [0.5, 0.6) is 5.75 Å². The van der Waals surface area contributed by atoms with Crippen LogP contribution < -0.4 is 9.64 Å². The summed E-state index contributed by atoms with van der Waals surface area (Å²) in [6, 6.07) is 9.14. The molecule has 0 unspecified atom stereocenters. The van der Waals surface area contributed by atoms with Crippen LogP contribution >= 0.6 is 0 Å². The standard InChI is InChI=1S/C40H52N6O5/c1-27-18-31(8-11-35(27)50-2)40-15-12-39(13-16-40,14-17-40)25-45(36-19-34(41-26-42-36)30-20-43-46(23-30)32-4-3-5-32)37(48)29-6-9-33(10-7-29)51-38(49)44-21-28(22-44)24-47/h8,11,18-20,23,26,28-29,32-33,47H,3-7,9-10,12-17,21-22,24-25H2,1-2H3. The predicted molar refractivity (Wildman–Crippen MR) is 192 cm³/mol. The summed E-state index contributed by atoms with van der Waals surface area (Å²) < 4.78 is 13.4. The molecule has 9 rings (SSSR count). The third kappa shape index (κ3) is 6.62. The Morgan fingerprint density at radius 3 is 2.37 bits per heavy atom. The number of amides is 2. The highest BCUT2D eigenvalue weighted by molar-refractivity contribution is 5.94. The quantitative estimate of drug-likeness (QED) is 0.251. The third-order valence-corrected chi connectivity index (χ3v) is 13.2. The SMILES string of the molecule is COc1ccc(C23CCC(CN(C(=O)C4CCC(OC(=O)N5CC(CO)C5)CC4)c4cc(-c5cnn(C6CCC6)c5)ncn4)(CC2)CC3)cc1C. The number of hydrogen-bond acceptors (Lipinski definition) is 8. The Bertz CT molecular complexity index is 1720. The molecule has 6 fully saturated rings. The Morgan fingerprint density at radius 2 is 1.73 bits per heavy atom. The van der Waals surface area contributed by atoms with Gasteiger partial charge in [-0.3, -0.25) is 14.4 Å². The highest BCUT2D eigenvalue weighted by atomic mass is 16.6. The first-order chi connectivity index (χ1) is 24.8. The van der Waals surface area contributed by atoms with Crippen LogP contribution in [0.4, 0.5) is 10.6 Å². The second-order valence-corrected chi connectivity index (χ2v) is 16.3. The molecule has 11 nitrogen and oxygen atoms in total. The molecule has 0 spiro atoms. The van der Waals surface area contributed by atoms with Gasteiger partial charge in [-0.25, -0.2) is 14.8 Å². The number of likely N-dealkylation sites (tertiary alicyclic amines) is 1. The molecular weight excluding hydrogens is 644 g/mol. The summed E-state index contributed by atoms with van der Waals surface area (Å²) in [4.78, 5) is 40.3. The van der Waals surface area contributed by atoms with E-state index in [1.165, 1.54) is 17.5 Å². The molecule has 1 N–H and O–H groups in total. The van der Waals surface area contributed by atoms with E-state index in [1.54, 1.807) is 18.3 Å². The van der Waals surface area contributed by atoms with E-state index in [2.05, 4.69) is 46.1 Å². The molecule has 51 heavy (non-hydrogen) atoms. The fraction of sp³-hybridized carbons (Fsp3) is 0.625. The number of aromatic nitrogens is 4. The molecule has 1 aliphatic heterocycles. The van der Waals surface area contributed by atoms with Crippen LogP contribution in [-0.2, 0) is 14.9 Å². The van der Waals surface area contributed by atoms with Gasteiger partial charge in [-0.15, -0.1) is 0 Å². The number of rotatable bonds is 10.